The van der Waals surface area contributed by atoms with E-state index in [1.165, 1.54) is 30.1 Å². The summed E-state index contributed by atoms with van der Waals surface area (Å²) in [6.07, 6.45) is -4.54. The average Bonchev–Trinajstić information content (AvgIpc) is 2.35. The standard InChI is InChI=1S/C12H13ClF3NO/c1-8(7-13)17(2)11(18)9-5-3-4-6-10(9)12(14,15)16/h3-6,8H,7H2,1-2H3. The molecule has 0 aliphatic heterocycles. The summed E-state index contributed by atoms with van der Waals surface area (Å²) in [6.45, 7) is 1.67. The predicted molar refractivity (Wildman–Crippen MR) is 63.7 cm³/mol. The first-order valence-corrected chi connectivity index (χ1v) is 5.81. The molecule has 0 heterocycles. The quantitative estimate of drug-likeness (QED) is 0.777. The maximum atomic E-state index is 12.8. The summed E-state index contributed by atoms with van der Waals surface area (Å²) in [5.41, 5.74) is -1.28. The molecule has 0 aliphatic rings. The molecule has 18 heavy (non-hydrogen) atoms. The van der Waals surface area contributed by atoms with Gasteiger partial charge in [-0.25, -0.2) is 0 Å². The lowest BCUT2D eigenvalue weighted by Gasteiger charge is -2.24. The summed E-state index contributed by atoms with van der Waals surface area (Å²) < 4.78 is 38.3. The van der Waals surface area contributed by atoms with E-state index in [0.717, 1.165) is 6.07 Å². The molecule has 0 fully saturated rings. The van der Waals surface area contributed by atoms with Crippen LogP contribution < -0.4 is 0 Å². The molecule has 0 aromatic heterocycles. The molecular weight excluding hydrogens is 267 g/mol. The van der Waals surface area contributed by atoms with Gasteiger partial charge in [-0.05, 0) is 19.1 Å². The third-order valence-electron chi connectivity index (χ3n) is 2.67. The highest BCUT2D eigenvalue weighted by Gasteiger charge is 2.35. The van der Waals surface area contributed by atoms with Gasteiger partial charge < -0.3 is 4.90 Å². The molecule has 1 atom stereocenters. The summed E-state index contributed by atoms with van der Waals surface area (Å²) in [5.74, 6) is -0.521. The topological polar surface area (TPSA) is 20.3 Å². The molecular formula is C12H13ClF3NO. The van der Waals surface area contributed by atoms with Crippen molar-refractivity contribution in [2.45, 2.75) is 19.1 Å². The minimum absolute atomic E-state index is 0.163. The zero-order valence-electron chi connectivity index (χ0n) is 9.96. The van der Waals surface area contributed by atoms with Gasteiger partial charge in [0, 0.05) is 19.0 Å². The van der Waals surface area contributed by atoms with E-state index in [4.69, 9.17) is 11.6 Å². The Morgan fingerprint density at radius 3 is 2.44 bits per heavy atom. The van der Waals surface area contributed by atoms with Crippen LogP contribution in [0.15, 0.2) is 24.3 Å². The van der Waals surface area contributed by atoms with Gasteiger partial charge in [-0.2, -0.15) is 13.2 Å². The normalized spacial score (nSPS) is 13.2. The van der Waals surface area contributed by atoms with E-state index in [2.05, 4.69) is 0 Å². The van der Waals surface area contributed by atoms with Crippen molar-refractivity contribution in [1.82, 2.24) is 4.90 Å². The van der Waals surface area contributed by atoms with Crippen molar-refractivity contribution in [3.8, 4) is 0 Å². The van der Waals surface area contributed by atoms with Crippen molar-refractivity contribution in [2.24, 2.45) is 0 Å². The van der Waals surface area contributed by atoms with Gasteiger partial charge >= 0.3 is 6.18 Å². The lowest BCUT2D eigenvalue weighted by Crippen LogP contribution is -2.37. The molecule has 100 valence electrons. The average molecular weight is 280 g/mol. The summed E-state index contributed by atoms with van der Waals surface area (Å²) in [5, 5.41) is 0. The monoisotopic (exact) mass is 279 g/mol. The van der Waals surface area contributed by atoms with Crippen LogP contribution in [0.3, 0.4) is 0 Å². The van der Waals surface area contributed by atoms with Crippen molar-refractivity contribution < 1.29 is 18.0 Å². The molecule has 0 saturated heterocycles. The van der Waals surface area contributed by atoms with E-state index in [0.29, 0.717) is 0 Å². The van der Waals surface area contributed by atoms with E-state index in [9.17, 15) is 18.0 Å². The number of hydrogen-bond acceptors (Lipinski definition) is 1. The number of carbonyl (C=O) groups is 1. The minimum atomic E-state index is -4.54. The molecule has 0 radical (unpaired) electrons. The maximum absolute atomic E-state index is 12.8. The van der Waals surface area contributed by atoms with Crippen LogP contribution in [0.2, 0.25) is 0 Å². The highest BCUT2D eigenvalue weighted by Crippen LogP contribution is 2.32. The molecule has 0 spiro atoms. The zero-order valence-corrected chi connectivity index (χ0v) is 10.7. The van der Waals surface area contributed by atoms with Gasteiger partial charge in [0.05, 0.1) is 11.1 Å². The van der Waals surface area contributed by atoms with E-state index in [1.807, 2.05) is 0 Å². The van der Waals surface area contributed by atoms with Gasteiger partial charge in [0.2, 0.25) is 0 Å². The van der Waals surface area contributed by atoms with Gasteiger partial charge in [0.15, 0.2) is 0 Å². The molecule has 1 aromatic rings. The van der Waals surface area contributed by atoms with Gasteiger partial charge in [-0.1, -0.05) is 12.1 Å². The number of rotatable bonds is 3. The number of benzene rings is 1. The van der Waals surface area contributed by atoms with Crippen LogP contribution in [0, 0.1) is 0 Å². The van der Waals surface area contributed by atoms with Crippen molar-refractivity contribution in [2.75, 3.05) is 12.9 Å². The summed E-state index contributed by atoms with van der Waals surface area (Å²) in [7, 11) is 1.43. The molecule has 0 N–H and O–H groups in total. The number of carbonyl (C=O) groups excluding carboxylic acids is 1. The first kappa shape index (κ1) is 14.8. The third-order valence-corrected chi connectivity index (χ3v) is 3.11. The maximum Gasteiger partial charge on any atom is 0.417 e. The first-order chi connectivity index (χ1) is 8.29. The van der Waals surface area contributed by atoms with Crippen molar-refractivity contribution in [3.05, 3.63) is 35.4 Å². The van der Waals surface area contributed by atoms with Crippen LogP contribution in [0.25, 0.3) is 0 Å². The number of halogens is 4. The molecule has 6 heteroatoms. The second-order valence-electron chi connectivity index (χ2n) is 3.96. The van der Waals surface area contributed by atoms with Crippen LogP contribution >= 0.6 is 11.6 Å². The van der Waals surface area contributed by atoms with Gasteiger partial charge in [0.1, 0.15) is 0 Å². The van der Waals surface area contributed by atoms with E-state index in [1.54, 1.807) is 6.92 Å². The molecule has 1 aromatic carbocycles. The largest absolute Gasteiger partial charge is 0.417 e. The fourth-order valence-corrected chi connectivity index (χ4v) is 1.62. The zero-order chi connectivity index (χ0) is 13.9. The van der Waals surface area contributed by atoms with E-state index < -0.39 is 17.6 Å². The van der Waals surface area contributed by atoms with E-state index >= 15 is 0 Å². The Morgan fingerprint density at radius 2 is 1.94 bits per heavy atom. The molecule has 0 aliphatic carbocycles. The molecule has 1 rings (SSSR count). The SMILES string of the molecule is CC(CCl)N(C)C(=O)c1ccccc1C(F)(F)F. The summed E-state index contributed by atoms with van der Waals surface area (Å²) in [6, 6.07) is 4.39. The summed E-state index contributed by atoms with van der Waals surface area (Å²) in [4.78, 5) is 13.2. The van der Waals surface area contributed by atoms with Crippen LogP contribution in [0.5, 0.6) is 0 Å². The number of hydrogen-bond donors (Lipinski definition) is 0. The van der Waals surface area contributed by atoms with Gasteiger partial charge in [-0.3, -0.25) is 4.79 Å². The fourth-order valence-electron chi connectivity index (χ4n) is 1.41. The first-order valence-electron chi connectivity index (χ1n) is 5.28. The Morgan fingerprint density at radius 1 is 1.39 bits per heavy atom. The molecule has 0 saturated carbocycles. The molecule has 0 bridgehead atoms. The highest BCUT2D eigenvalue weighted by molar-refractivity contribution is 6.18. The Labute approximate surface area is 108 Å². The Bertz CT molecular complexity index is 434. The Kier molecular flexibility index (Phi) is 4.62. The Hall–Kier alpha value is -1.23. The Balaban J connectivity index is 3.14. The third kappa shape index (κ3) is 3.16. The van der Waals surface area contributed by atoms with Crippen molar-refractivity contribution in [3.63, 3.8) is 0 Å². The lowest BCUT2D eigenvalue weighted by molar-refractivity contribution is -0.138. The second-order valence-corrected chi connectivity index (χ2v) is 4.27. The lowest BCUT2D eigenvalue weighted by atomic mass is 10.1. The highest BCUT2D eigenvalue weighted by atomic mass is 35.5. The van der Waals surface area contributed by atoms with Crippen LogP contribution in [-0.2, 0) is 6.18 Å². The minimum Gasteiger partial charge on any atom is -0.338 e. The number of alkyl halides is 4. The number of amides is 1. The molecule has 2 nitrogen and oxygen atoms in total. The van der Waals surface area contributed by atoms with Gasteiger partial charge in [-0.15, -0.1) is 11.6 Å². The van der Waals surface area contributed by atoms with E-state index in [-0.39, 0.29) is 17.5 Å². The smallest absolute Gasteiger partial charge is 0.338 e. The van der Waals surface area contributed by atoms with Gasteiger partial charge in [0.25, 0.3) is 5.91 Å². The van der Waals surface area contributed by atoms with Crippen LogP contribution in [0.1, 0.15) is 22.8 Å². The van der Waals surface area contributed by atoms with Crippen molar-refractivity contribution in [1.29, 1.82) is 0 Å². The van der Waals surface area contributed by atoms with Crippen LogP contribution in [-0.4, -0.2) is 29.8 Å². The number of nitrogens with zero attached hydrogens (tertiary/aromatic N) is 1. The summed E-state index contributed by atoms with van der Waals surface area (Å²) >= 11 is 5.59. The molecule has 1 amide bonds. The fraction of sp³-hybridized carbons (Fsp3) is 0.417. The molecule has 1 unspecified atom stereocenters. The van der Waals surface area contributed by atoms with Crippen molar-refractivity contribution >= 4 is 17.5 Å². The second kappa shape index (κ2) is 5.61. The predicted octanol–water partition coefficient (Wildman–Crippen LogP) is 3.40. The van der Waals surface area contributed by atoms with Crippen LogP contribution in [0.4, 0.5) is 13.2 Å².